The second-order valence-corrected chi connectivity index (χ2v) is 3.58. The molecule has 0 saturated carbocycles. The SMILES string of the molecule is S=C1NNC(c2cccs2)N1. The summed E-state index contributed by atoms with van der Waals surface area (Å²) in [5, 5.41) is 5.77. The number of hydrogen-bond acceptors (Lipinski definition) is 3. The van der Waals surface area contributed by atoms with Gasteiger partial charge in [-0.2, -0.15) is 0 Å². The van der Waals surface area contributed by atoms with Gasteiger partial charge in [-0.05, 0) is 23.7 Å². The maximum absolute atomic E-state index is 4.89. The molecule has 0 aliphatic carbocycles. The van der Waals surface area contributed by atoms with E-state index in [0.29, 0.717) is 5.11 Å². The van der Waals surface area contributed by atoms with Crippen molar-refractivity contribution in [3.8, 4) is 0 Å². The van der Waals surface area contributed by atoms with Crippen molar-refractivity contribution in [2.45, 2.75) is 6.17 Å². The summed E-state index contributed by atoms with van der Waals surface area (Å²) in [6.45, 7) is 0. The highest BCUT2D eigenvalue weighted by atomic mass is 32.1. The van der Waals surface area contributed by atoms with Crippen LogP contribution in [0.3, 0.4) is 0 Å². The molecule has 0 amide bonds. The summed E-state index contributed by atoms with van der Waals surface area (Å²) < 4.78 is 0. The van der Waals surface area contributed by atoms with Crippen molar-refractivity contribution in [2.75, 3.05) is 0 Å². The average molecular weight is 185 g/mol. The lowest BCUT2D eigenvalue weighted by atomic mass is 10.4. The van der Waals surface area contributed by atoms with E-state index < -0.39 is 0 Å². The van der Waals surface area contributed by atoms with Gasteiger partial charge in [-0.15, -0.1) is 11.3 Å². The van der Waals surface area contributed by atoms with E-state index in [-0.39, 0.29) is 6.17 Å². The van der Waals surface area contributed by atoms with Crippen molar-refractivity contribution >= 4 is 28.7 Å². The van der Waals surface area contributed by atoms with Crippen molar-refractivity contribution in [1.82, 2.24) is 16.2 Å². The van der Waals surface area contributed by atoms with Crippen molar-refractivity contribution in [2.24, 2.45) is 0 Å². The lowest BCUT2D eigenvalue weighted by molar-refractivity contribution is 0.563. The zero-order valence-electron chi connectivity index (χ0n) is 5.63. The van der Waals surface area contributed by atoms with E-state index in [1.165, 1.54) is 4.88 Å². The van der Waals surface area contributed by atoms with Gasteiger partial charge in [-0.25, -0.2) is 5.43 Å². The summed E-state index contributed by atoms with van der Waals surface area (Å²) in [5.41, 5.74) is 5.85. The minimum atomic E-state index is 0.141. The minimum Gasteiger partial charge on any atom is -0.340 e. The van der Waals surface area contributed by atoms with Gasteiger partial charge in [0.1, 0.15) is 6.17 Å². The van der Waals surface area contributed by atoms with Gasteiger partial charge in [0.2, 0.25) is 0 Å². The molecule has 0 bridgehead atoms. The van der Waals surface area contributed by atoms with Crippen LogP contribution in [-0.4, -0.2) is 5.11 Å². The standard InChI is InChI=1S/C6H7N3S2/c10-6-7-5(8-9-6)4-2-1-3-11-4/h1-3,5,8H,(H2,7,9,10). The van der Waals surface area contributed by atoms with Crippen molar-refractivity contribution in [3.05, 3.63) is 22.4 Å². The van der Waals surface area contributed by atoms with E-state index in [2.05, 4.69) is 22.2 Å². The minimum absolute atomic E-state index is 0.141. The van der Waals surface area contributed by atoms with E-state index in [4.69, 9.17) is 12.2 Å². The van der Waals surface area contributed by atoms with Crippen LogP contribution in [0.1, 0.15) is 11.0 Å². The molecule has 5 heteroatoms. The second kappa shape index (κ2) is 2.77. The molecule has 0 spiro atoms. The van der Waals surface area contributed by atoms with Crippen LogP contribution < -0.4 is 16.2 Å². The zero-order chi connectivity index (χ0) is 7.68. The molecule has 1 aromatic heterocycles. The van der Waals surface area contributed by atoms with Crippen LogP contribution in [0, 0.1) is 0 Å². The van der Waals surface area contributed by atoms with E-state index >= 15 is 0 Å². The summed E-state index contributed by atoms with van der Waals surface area (Å²) in [6.07, 6.45) is 0.141. The van der Waals surface area contributed by atoms with Crippen LogP contribution in [0.4, 0.5) is 0 Å². The largest absolute Gasteiger partial charge is 0.340 e. The van der Waals surface area contributed by atoms with Gasteiger partial charge in [0.15, 0.2) is 5.11 Å². The molecular weight excluding hydrogens is 178 g/mol. The topological polar surface area (TPSA) is 36.1 Å². The van der Waals surface area contributed by atoms with Gasteiger partial charge in [-0.1, -0.05) is 6.07 Å². The Kier molecular flexibility index (Phi) is 1.77. The number of thiocarbonyl (C=S) groups is 1. The maximum atomic E-state index is 4.89. The van der Waals surface area contributed by atoms with Crippen LogP contribution in [-0.2, 0) is 0 Å². The molecule has 0 aromatic carbocycles. The molecule has 1 saturated heterocycles. The van der Waals surface area contributed by atoms with Crippen molar-refractivity contribution in [1.29, 1.82) is 0 Å². The number of rotatable bonds is 1. The first-order valence-corrected chi connectivity index (χ1v) is 4.50. The normalized spacial score (nSPS) is 22.9. The number of thiophene rings is 1. The van der Waals surface area contributed by atoms with Crippen LogP contribution >= 0.6 is 23.6 Å². The fourth-order valence-electron chi connectivity index (χ4n) is 0.939. The summed E-state index contributed by atoms with van der Waals surface area (Å²) in [6, 6.07) is 4.08. The van der Waals surface area contributed by atoms with Crippen molar-refractivity contribution in [3.63, 3.8) is 0 Å². The molecule has 1 aliphatic rings. The summed E-state index contributed by atoms with van der Waals surface area (Å²) >= 11 is 6.59. The molecule has 3 nitrogen and oxygen atoms in total. The average Bonchev–Trinajstić information content (AvgIpc) is 2.55. The Morgan fingerprint density at radius 1 is 1.55 bits per heavy atom. The van der Waals surface area contributed by atoms with E-state index in [0.717, 1.165) is 0 Å². The van der Waals surface area contributed by atoms with Crippen molar-refractivity contribution < 1.29 is 0 Å². The Morgan fingerprint density at radius 3 is 3.00 bits per heavy atom. The Labute approximate surface area is 73.8 Å². The lowest BCUT2D eigenvalue weighted by Gasteiger charge is -2.04. The van der Waals surface area contributed by atoms with Crippen LogP contribution in [0.2, 0.25) is 0 Å². The number of hydrogen-bond donors (Lipinski definition) is 3. The van der Waals surface area contributed by atoms with Gasteiger partial charge < -0.3 is 5.32 Å². The van der Waals surface area contributed by atoms with Gasteiger partial charge in [-0.3, -0.25) is 5.43 Å². The van der Waals surface area contributed by atoms with Gasteiger partial charge in [0, 0.05) is 4.88 Å². The smallest absolute Gasteiger partial charge is 0.182 e. The highest BCUT2D eigenvalue weighted by Gasteiger charge is 2.18. The Balaban J connectivity index is 2.13. The molecule has 2 heterocycles. The molecule has 3 N–H and O–H groups in total. The number of nitrogens with one attached hydrogen (secondary N) is 3. The Bertz CT molecular complexity index is 257. The highest BCUT2D eigenvalue weighted by Crippen LogP contribution is 2.17. The lowest BCUT2D eigenvalue weighted by Crippen LogP contribution is -2.26. The van der Waals surface area contributed by atoms with Crippen LogP contribution in [0.15, 0.2) is 17.5 Å². The summed E-state index contributed by atoms with van der Waals surface area (Å²) in [5.74, 6) is 0. The van der Waals surface area contributed by atoms with E-state index in [9.17, 15) is 0 Å². The second-order valence-electron chi connectivity index (χ2n) is 2.19. The van der Waals surface area contributed by atoms with Crippen LogP contribution in [0.5, 0.6) is 0 Å². The molecule has 1 unspecified atom stereocenters. The van der Waals surface area contributed by atoms with E-state index in [1.54, 1.807) is 11.3 Å². The molecule has 0 radical (unpaired) electrons. The first-order valence-electron chi connectivity index (χ1n) is 3.22. The predicted octanol–water partition coefficient (Wildman–Crippen LogP) is 0.729. The van der Waals surface area contributed by atoms with Gasteiger partial charge >= 0.3 is 0 Å². The fourth-order valence-corrected chi connectivity index (χ4v) is 1.84. The van der Waals surface area contributed by atoms with Gasteiger partial charge in [0.05, 0.1) is 0 Å². The molecule has 1 fully saturated rings. The number of hydrazine groups is 1. The summed E-state index contributed by atoms with van der Waals surface area (Å²) in [7, 11) is 0. The Hall–Kier alpha value is -0.650. The third-order valence-corrected chi connectivity index (χ3v) is 2.59. The quantitative estimate of drug-likeness (QED) is 0.564. The molecule has 58 valence electrons. The first-order chi connectivity index (χ1) is 5.36. The fraction of sp³-hybridized carbons (Fsp3) is 0.167. The molecule has 1 atom stereocenters. The third kappa shape index (κ3) is 1.35. The first kappa shape index (κ1) is 7.02. The van der Waals surface area contributed by atoms with Gasteiger partial charge in [0.25, 0.3) is 0 Å². The van der Waals surface area contributed by atoms with Crippen LogP contribution in [0.25, 0.3) is 0 Å². The molecule has 1 aliphatic heterocycles. The predicted molar refractivity (Wildman–Crippen MR) is 49.1 cm³/mol. The zero-order valence-corrected chi connectivity index (χ0v) is 7.26. The highest BCUT2D eigenvalue weighted by molar-refractivity contribution is 7.80. The molecule has 2 rings (SSSR count). The monoisotopic (exact) mass is 185 g/mol. The Morgan fingerprint density at radius 2 is 2.45 bits per heavy atom. The molecule has 1 aromatic rings. The third-order valence-electron chi connectivity index (χ3n) is 1.43. The molecule has 11 heavy (non-hydrogen) atoms. The maximum Gasteiger partial charge on any atom is 0.182 e. The molecular formula is C6H7N3S2. The van der Waals surface area contributed by atoms with E-state index in [1.807, 2.05) is 11.4 Å². The summed E-state index contributed by atoms with van der Waals surface area (Å²) in [4.78, 5) is 1.23.